The number of ether oxygens (including phenoxy) is 1. The van der Waals surface area contributed by atoms with Crippen LogP contribution >= 0.6 is 10.7 Å². The molecule has 7 nitrogen and oxygen atoms in total. The quantitative estimate of drug-likeness (QED) is 0.733. The van der Waals surface area contributed by atoms with Crippen molar-refractivity contribution in [3.8, 4) is 5.75 Å². The SMILES string of the molecule is Cn1cc(OC(=O)NS(=O)(=O)Cl)cn1. The zero-order valence-electron chi connectivity index (χ0n) is 6.97. The Morgan fingerprint density at radius 1 is 1.71 bits per heavy atom. The van der Waals surface area contributed by atoms with Gasteiger partial charge in [0.25, 0.3) is 0 Å². The first-order valence-electron chi connectivity index (χ1n) is 3.30. The topological polar surface area (TPSA) is 90.3 Å². The van der Waals surface area contributed by atoms with Crippen molar-refractivity contribution in [1.82, 2.24) is 14.5 Å². The first-order valence-corrected chi connectivity index (χ1v) is 5.60. The van der Waals surface area contributed by atoms with Crippen molar-refractivity contribution in [2.24, 2.45) is 7.05 Å². The first kappa shape index (κ1) is 10.8. The number of aryl methyl sites for hydroxylation is 1. The summed E-state index contributed by atoms with van der Waals surface area (Å²) in [5.41, 5.74) is 0. The molecule has 0 aliphatic heterocycles. The molecule has 1 amide bonds. The lowest BCUT2D eigenvalue weighted by atomic mass is 10.7. The Balaban J connectivity index is 2.58. The van der Waals surface area contributed by atoms with Gasteiger partial charge in [-0.1, -0.05) is 0 Å². The number of hydrogen-bond donors (Lipinski definition) is 1. The molecular formula is C5H6ClN3O4S. The monoisotopic (exact) mass is 239 g/mol. The van der Waals surface area contributed by atoms with Gasteiger partial charge < -0.3 is 4.74 Å². The Bertz CT molecular complexity index is 440. The lowest BCUT2D eigenvalue weighted by Gasteiger charge is -1.99. The lowest BCUT2D eigenvalue weighted by molar-refractivity contribution is 0.207. The Morgan fingerprint density at radius 2 is 2.36 bits per heavy atom. The number of rotatable bonds is 2. The minimum Gasteiger partial charge on any atom is -0.406 e. The molecule has 0 fully saturated rings. The zero-order valence-corrected chi connectivity index (χ0v) is 8.54. The molecular weight excluding hydrogens is 234 g/mol. The Morgan fingerprint density at radius 3 is 2.79 bits per heavy atom. The van der Waals surface area contributed by atoms with Crippen LogP contribution < -0.4 is 9.46 Å². The van der Waals surface area contributed by atoms with Crippen molar-refractivity contribution >= 4 is 26.0 Å². The number of amides is 1. The highest BCUT2D eigenvalue weighted by molar-refractivity contribution is 8.12. The van der Waals surface area contributed by atoms with E-state index in [1.165, 1.54) is 21.8 Å². The first-order chi connectivity index (χ1) is 6.37. The lowest BCUT2D eigenvalue weighted by Crippen LogP contribution is -2.29. The van der Waals surface area contributed by atoms with Gasteiger partial charge in [0.1, 0.15) is 0 Å². The van der Waals surface area contributed by atoms with E-state index in [0.29, 0.717) is 0 Å². The van der Waals surface area contributed by atoms with Crippen molar-refractivity contribution < 1.29 is 17.9 Å². The summed E-state index contributed by atoms with van der Waals surface area (Å²) in [6, 6.07) is 0. The van der Waals surface area contributed by atoms with Crippen LogP contribution in [0.4, 0.5) is 4.79 Å². The third-order valence-corrected chi connectivity index (χ3v) is 1.74. The Hall–Kier alpha value is -1.28. The summed E-state index contributed by atoms with van der Waals surface area (Å²) in [6.45, 7) is 0. The van der Waals surface area contributed by atoms with Gasteiger partial charge in [0.2, 0.25) is 0 Å². The van der Waals surface area contributed by atoms with Gasteiger partial charge in [-0.15, -0.1) is 0 Å². The van der Waals surface area contributed by atoms with Crippen LogP contribution in [0.3, 0.4) is 0 Å². The van der Waals surface area contributed by atoms with Crippen LogP contribution in [0, 0.1) is 0 Å². The average Bonchev–Trinajstić information content (AvgIpc) is 2.30. The average molecular weight is 240 g/mol. The molecule has 0 saturated heterocycles. The molecule has 1 N–H and O–H groups in total. The maximum absolute atomic E-state index is 10.8. The molecule has 0 spiro atoms. The zero-order chi connectivity index (χ0) is 10.8. The molecule has 1 heterocycles. The molecule has 1 rings (SSSR count). The van der Waals surface area contributed by atoms with E-state index in [1.807, 2.05) is 0 Å². The Labute approximate surface area is 84.2 Å². The standard InChI is InChI=1S/C5H6ClN3O4S/c1-9-3-4(2-7-9)13-5(10)8-14(6,11)12/h2-3H,1H3,(H,8,10). The normalized spacial score (nSPS) is 11.0. The second-order valence-electron chi connectivity index (χ2n) is 2.28. The second kappa shape index (κ2) is 3.84. The fourth-order valence-corrected chi connectivity index (χ4v) is 1.11. The van der Waals surface area contributed by atoms with E-state index in [2.05, 4.69) is 9.84 Å². The van der Waals surface area contributed by atoms with E-state index in [0.717, 1.165) is 0 Å². The van der Waals surface area contributed by atoms with Gasteiger partial charge in [-0.05, 0) is 0 Å². The van der Waals surface area contributed by atoms with E-state index in [9.17, 15) is 13.2 Å². The highest BCUT2D eigenvalue weighted by atomic mass is 35.7. The van der Waals surface area contributed by atoms with Gasteiger partial charge in [0, 0.05) is 17.7 Å². The summed E-state index contributed by atoms with van der Waals surface area (Å²) >= 11 is 0. The highest BCUT2D eigenvalue weighted by Gasteiger charge is 2.12. The predicted molar refractivity (Wildman–Crippen MR) is 47.1 cm³/mol. The van der Waals surface area contributed by atoms with Gasteiger partial charge in [-0.3, -0.25) is 4.68 Å². The summed E-state index contributed by atoms with van der Waals surface area (Å²) < 4.78 is 28.1. The number of nitrogens with one attached hydrogen (secondary N) is 1. The molecule has 0 aliphatic rings. The molecule has 0 unspecified atom stereocenters. The van der Waals surface area contributed by atoms with Gasteiger partial charge in [0.15, 0.2) is 5.75 Å². The van der Waals surface area contributed by atoms with E-state index in [1.54, 1.807) is 7.05 Å². The summed E-state index contributed by atoms with van der Waals surface area (Å²) in [6.07, 6.45) is 1.45. The molecule has 1 aromatic heterocycles. The van der Waals surface area contributed by atoms with E-state index >= 15 is 0 Å². The van der Waals surface area contributed by atoms with Gasteiger partial charge in [0.05, 0.1) is 12.4 Å². The summed E-state index contributed by atoms with van der Waals surface area (Å²) in [4.78, 5) is 10.8. The van der Waals surface area contributed by atoms with Crippen molar-refractivity contribution in [2.75, 3.05) is 0 Å². The number of carbonyl (C=O) groups excluding carboxylic acids is 1. The molecule has 0 aromatic carbocycles. The van der Waals surface area contributed by atoms with Crippen molar-refractivity contribution in [3.63, 3.8) is 0 Å². The second-order valence-corrected chi connectivity index (χ2v) is 4.58. The number of aromatic nitrogens is 2. The minimum atomic E-state index is -4.12. The maximum Gasteiger partial charge on any atom is 0.427 e. The maximum atomic E-state index is 10.8. The molecule has 0 bridgehead atoms. The van der Waals surface area contributed by atoms with Crippen molar-refractivity contribution in [3.05, 3.63) is 12.4 Å². The smallest absolute Gasteiger partial charge is 0.406 e. The van der Waals surface area contributed by atoms with E-state index < -0.39 is 15.3 Å². The third kappa shape index (κ3) is 3.62. The molecule has 78 valence electrons. The molecule has 14 heavy (non-hydrogen) atoms. The minimum absolute atomic E-state index is 0.116. The molecule has 1 aromatic rings. The van der Waals surface area contributed by atoms with Crippen LogP contribution in [0.2, 0.25) is 0 Å². The summed E-state index contributed by atoms with van der Waals surface area (Å²) in [7, 11) is 2.24. The van der Waals surface area contributed by atoms with Crippen LogP contribution in [0.5, 0.6) is 5.75 Å². The molecule has 0 atom stereocenters. The molecule has 0 aliphatic carbocycles. The number of carbonyl (C=O) groups is 1. The third-order valence-electron chi connectivity index (χ3n) is 1.10. The Kier molecular flexibility index (Phi) is 2.96. The van der Waals surface area contributed by atoms with E-state index in [-0.39, 0.29) is 5.75 Å². The fourth-order valence-electron chi connectivity index (χ4n) is 0.679. The number of nitrogens with zero attached hydrogens (tertiary/aromatic N) is 2. The largest absolute Gasteiger partial charge is 0.427 e. The van der Waals surface area contributed by atoms with Crippen LogP contribution in [-0.4, -0.2) is 24.3 Å². The summed E-state index contributed by atoms with van der Waals surface area (Å²) in [5, 5.41) is 3.70. The highest BCUT2D eigenvalue weighted by Crippen LogP contribution is 2.07. The van der Waals surface area contributed by atoms with Crippen LogP contribution in [-0.2, 0) is 16.3 Å². The van der Waals surface area contributed by atoms with Crippen molar-refractivity contribution in [1.29, 1.82) is 0 Å². The van der Waals surface area contributed by atoms with Gasteiger partial charge >= 0.3 is 15.3 Å². The van der Waals surface area contributed by atoms with E-state index in [4.69, 9.17) is 10.7 Å². The van der Waals surface area contributed by atoms with Crippen LogP contribution in [0.15, 0.2) is 12.4 Å². The predicted octanol–water partition coefficient (Wildman–Crippen LogP) is -0.00790. The van der Waals surface area contributed by atoms with Crippen LogP contribution in [0.1, 0.15) is 0 Å². The molecule has 9 heteroatoms. The fraction of sp³-hybridized carbons (Fsp3) is 0.200. The van der Waals surface area contributed by atoms with Gasteiger partial charge in [-0.25, -0.2) is 9.52 Å². The van der Waals surface area contributed by atoms with Gasteiger partial charge in [-0.2, -0.15) is 13.5 Å². The molecule has 0 saturated carbocycles. The number of hydrogen-bond acceptors (Lipinski definition) is 5. The van der Waals surface area contributed by atoms with Crippen LogP contribution in [0.25, 0.3) is 0 Å². The van der Waals surface area contributed by atoms with Crippen molar-refractivity contribution in [2.45, 2.75) is 0 Å². The number of halogens is 1. The summed E-state index contributed by atoms with van der Waals surface area (Å²) in [5.74, 6) is 0.116. The molecule has 0 radical (unpaired) electrons.